The van der Waals surface area contributed by atoms with E-state index in [1.807, 2.05) is 6.07 Å². The lowest BCUT2D eigenvalue weighted by molar-refractivity contribution is -0.0956. The second-order valence-corrected chi connectivity index (χ2v) is 6.89. The molecule has 0 spiro atoms. The third-order valence-corrected chi connectivity index (χ3v) is 5.36. The second-order valence-electron chi connectivity index (χ2n) is 5.80. The van der Waals surface area contributed by atoms with Crippen LogP contribution < -0.4 is 0 Å². The molecule has 1 aliphatic heterocycles. The highest BCUT2D eigenvalue weighted by atomic mass is 32.1. The van der Waals surface area contributed by atoms with Crippen molar-refractivity contribution in [2.24, 2.45) is 5.92 Å². The molecule has 1 aromatic heterocycles. The first-order valence-corrected chi connectivity index (χ1v) is 7.58. The Kier molecular flexibility index (Phi) is 2.47. The maximum absolute atomic E-state index is 13.6. The van der Waals surface area contributed by atoms with Gasteiger partial charge in [0.05, 0.1) is 18.0 Å². The van der Waals surface area contributed by atoms with Crippen LogP contribution in [0.25, 0.3) is 10.1 Å². The molecule has 0 unspecified atom stereocenters. The van der Waals surface area contributed by atoms with Crippen molar-refractivity contribution in [3.63, 3.8) is 0 Å². The van der Waals surface area contributed by atoms with E-state index in [1.165, 1.54) is 17.4 Å². The van der Waals surface area contributed by atoms with Crippen LogP contribution in [0.5, 0.6) is 0 Å². The minimum absolute atomic E-state index is 0.101. The Labute approximate surface area is 119 Å². The van der Waals surface area contributed by atoms with E-state index in [0.717, 1.165) is 17.5 Å². The molecule has 2 aliphatic rings. The summed E-state index contributed by atoms with van der Waals surface area (Å²) in [6.45, 7) is 0.820. The first-order valence-electron chi connectivity index (χ1n) is 6.76. The van der Waals surface area contributed by atoms with Gasteiger partial charge in [-0.15, -0.1) is 11.3 Å². The Morgan fingerprint density at radius 1 is 1.40 bits per heavy atom. The predicted octanol–water partition coefficient (Wildman–Crippen LogP) is 2.64. The van der Waals surface area contributed by atoms with Crippen LogP contribution in [-0.2, 0) is 0 Å². The van der Waals surface area contributed by atoms with Crippen LogP contribution in [0.4, 0.5) is 4.39 Å². The van der Waals surface area contributed by atoms with Gasteiger partial charge in [0.15, 0.2) is 0 Å². The SMILES string of the molecule is O=C(c1cc2c(F)cccc2s1)N1CC(O)(C2CC2)C1. The molecule has 20 heavy (non-hydrogen) atoms. The van der Waals surface area contributed by atoms with E-state index in [-0.39, 0.29) is 11.7 Å². The molecule has 2 fully saturated rings. The van der Waals surface area contributed by atoms with Crippen molar-refractivity contribution in [3.8, 4) is 0 Å². The quantitative estimate of drug-likeness (QED) is 0.924. The van der Waals surface area contributed by atoms with Crippen LogP contribution in [0, 0.1) is 11.7 Å². The number of aliphatic hydroxyl groups is 1. The molecule has 3 nitrogen and oxygen atoms in total. The lowest BCUT2D eigenvalue weighted by atomic mass is 9.88. The van der Waals surface area contributed by atoms with Gasteiger partial charge in [-0.1, -0.05) is 6.07 Å². The van der Waals surface area contributed by atoms with Gasteiger partial charge < -0.3 is 10.0 Å². The number of likely N-dealkylation sites (tertiary alicyclic amines) is 1. The Morgan fingerprint density at radius 3 is 2.80 bits per heavy atom. The van der Waals surface area contributed by atoms with Gasteiger partial charge in [-0.3, -0.25) is 4.79 Å². The van der Waals surface area contributed by atoms with Gasteiger partial charge in [-0.2, -0.15) is 0 Å². The molecule has 1 aromatic carbocycles. The van der Waals surface area contributed by atoms with E-state index in [2.05, 4.69) is 0 Å². The summed E-state index contributed by atoms with van der Waals surface area (Å²) in [6.07, 6.45) is 2.12. The summed E-state index contributed by atoms with van der Waals surface area (Å²) in [5.74, 6) is -0.0294. The third-order valence-electron chi connectivity index (χ3n) is 4.27. The normalized spacial score (nSPS) is 21.0. The lowest BCUT2D eigenvalue weighted by Gasteiger charge is -2.46. The molecule has 0 atom stereocenters. The molecular formula is C15H14FNO2S. The smallest absolute Gasteiger partial charge is 0.264 e. The van der Waals surface area contributed by atoms with Crippen molar-refractivity contribution >= 4 is 27.3 Å². The number of nitrogens with zero attached hydrogens (tertiary/aromatic N) is 1. The summed E-state index contributed by atoms with van der Waals surface area (Å²) in [6, 6.07) is 6.49. The molecule has 1 amide bonds. The molecule has 1 N–H and O–H groups in total. The van der Waals surface area contributed by atoms with E-state index < -0.39 is 5.60 Å². The van der Waals surface area contributed by atoms with E-state index in [1.54, 1.807) is 17.0 Å². The van der Waals surface area contributed by atoms with Gasteiger partial charge in [-0.05, 0) is 37.0 Å². The van der Waals surface area contributed by atoms with Gasteiger partial charge in [0.2, 0.25) is 0 Å². The Bertz CT molecular complexity index is 701. The zero-order valence-corrected chi connectivity index (χ0v) is 11.6. The van der Waals surface area contributed by atoms with Crippen molar-refractivity contribution in [1.82, 2.24) is 4.90 Å². The maximum atomic E-state index is 13.6. The van der Waals surface area contributed by atoms with Gasteiger partial charge in [0, 0.05) is 10.1 Å². The molecule has 4 rings (SSSR count). The Morgan fingerprint density at radius 2 is 2.15 bits per heavy atom. The van der Waals surface area contributed by atoms with E-state index in [4.69, 9.17) is 0 Å². The molecule has 0 radical (unpaired) electrons. The highest BCUT2D eigenvalue weighted by Crippen LogP contribution is 2.45. The Hall–Kier alpha value is -1.46. The summed E-state index contributed by atoms with van der Waals surface area (Å²) in [5, 5.41) is 10.7. The second kappa shape index (κ2) is 4.02. The van der Waals surface area contributed by atoms with Gasteiger partial charge in [0.1, 0.15) is 11.4 Å². The molecule has 0 bridgehead atoms. The first kappa shape index (κ1) is 12.3. The van der Waals surface area contributed by atoms with Crippen LogP contribution in [-0.4, -0.2) is 34.6 Å². The van der Waals surface area contributed by atoms with Crippen LogP contribution in [0.2, 0.25) is 0 Å². The molecule has 5 heteroatoms. The van der Waals surface area contributed by atoms with Crippen molar-refractivity contribution in [2.45, 2.75) is 18.4 Å². The fourth-order valence-electron chi connectivity index (χ4n) is 2.92. The lowest BCUT2D eigenvalue weighted by Crippen LogP contribution is -2.64. The highest BCUT2D eigenvalue weighted by Gasteiger charge is 2.53. The fraction of sp³-hybridized carbons (Fsp3) is 0.400. The number of rotatable bonds is 2. The van der Waals surface area contributed by atoms with Crippen LogP contribution in [0.1, 0.15) is 22.5 Å². The highest BCUT2D eigenvalue weighted by molar-refractivity contribution is 7.20. The molecular weight excluding hydrogens is 277 g/mol. The number of benzene rings is 1. The van der Waals surface area contributed by atoms with Crippen LogP contribution >= 0.6 is 11.3 Å². The third kappa shape index (κ3) is 1.77. The maximum Gasteiger partial charge on any atom is 0.264 e. The van der Waals surface area contributed by atoms with E-state index >= 15 is 0 Å². The molecule has 2 heterocycles. The fourth-order valence-corrected chi connectivity index (χ4v) is 3.97. The van der Waals surface area contributed by atoms with Gasteiger partial charge in [0.25, 0.3) is 5.91 Å². The molecule has 2 aromatic rings. The monoisotopic (exact) mass is 291 g/mol. The van der Waals surface area contributed by atoms with Gasteiger partial charge in [-0.25, -0.2) is 4.39 Å². The number of thiophene rings is 1. The summed E-state index contributed by atoms with van der Waals surface area (Å²) >= 11 is 1.31. The van der Waals surface area contributed by atoms with Gasteiger partial charge >= 0.3 is 0 Å². The number of carbonyl (C=O) groups excluding carboxylic acids is 1. The van der Waals surface area contributed by atoms with Crippen molar-refractivity contribution < 1.29 is 14.3 Å². The Balaban J connectivity index is 1.57. The summed E-state index contributed by atoms with van der Waals surface area (Å²) in [4.78, 5) is 14.5. The number of β-amino-alcohol motifs (C(OH)–C–C–N with tert-alkyl or cyclic N) is 1. The molecule has 1 saturated carbocycles. The van der Waals surface area contributed by atoms with Crippen LogP contribution in [0.15, 0.2) is 24.3 Å². The average molecular weight is 291 g/mol. The standard InChI is InChI=1S/C15H14FNO2S/c16-11-2-1-3-12-10(11)6-13(20-12)14(18)17-7-15(19,8-17)9-4-5-9/h1-3,6,9,19H,4-5,7-8H2. The molecule has 104 valence electrons. The number of carbonyl (C=O) groups is 1. The zero-order chi connectivity index (χ0) is 13.9. The van der Waals surface area contributed by atoms with Crippen molar-refractivity contribution in [3.05, 3.63) is 35.0 Å². The summed E-state index contributed by atoms with van der Waals surface area (Å²) in [5.41, 5.74) is -0.669. The number of fused-ring (bicyclic) bond motifs is 1. The number of amides is 1. The van der Waals surface area contributed by atoms with Crippen LogP contribution in [0.3, 0.4) is 0 Å². The number of hydrogen-bond donors (Lipinski definition) is 1. The summed E-state index contributed by atoms with van der Waals surface area (Å²) < 4.78 is 14.4. The average Bonchev–Trinajstić information content (AvgIpc) is 3.14. The molecule has 1 saturated heterocycles. The number of hydrogen-bond acceptors (Lipinski definition) is 3. The minimum atomic E-state index is -0.669. The van der Waals surface area contributed by atoms with Crippen molar-refractivity contribution in [2.75, 3.05) is 13.1 Å². The predicted molar refractivity (Wildman–Crippen MR) is 75.4 cm³/mol. The summed E-state index contributed by atoms with van der Waals surface area (Å²) in [7, 11) is 0. The topological polar surface area (TPSA) is 40.5 Å². The zero-order valence-electron chi connectivity index (χ0n) is 10.8. The number of halogens is 1. The van der Waals surface area contributed by atoms with Crippen molar-refractivity contribution in [1.29, 1.82) is 0 Å². The minimum Gasteiger partial charge on any atom is -0.386 e. The largest absolute Gasteiger partial charge is 0.386 e. The molecule has 1 aliphatic carbocycles. The van der Waals surface area contributed by atoms with E-state index in [9.17, 15) is 14.3 Å². The first-order chi connectivity index (χ1) is 9.57. The van der Waals surface area contributed by atoms with E-state index in [0.29, 0.717) is 29.3 Å².